The number of aliphatic hydroxyl groups excluding tert-OH is 1. The summed E-state index contributed by atoms with van der Waals surface area (Å²) in [6.07, 6.45) is 2.32. The van der Waals surface area contributed by atoms with Crippen molar-refractivity contribution in [3.05, 3.63) is 27.4 Å². The van der Waals surface area contributed by atoms with Gasteiger partial charge >= 0.3 is 0 Å². The summed E-state index contributed by atoms with van der Waals surface area (Å²) in [7, 11) is 0. The zero-order chi connectivity index (χ0) is 18.5. The molecule has 0 bridgehead atoms. The molecule has 1 heterocycles. The predicted molar refractivity (Wildman–Crippen MR) is 95.3 cm³/mol. The summed E-state index contributed by atoms with van der Waals surface area (Å²) < 4.78 is 0. The molecular formula is C18H31N3O3. The number of H-pyrrole nitrogens is 1. The van der Waals surface area contributed by atoms with Crippen molar-refractivity contribution in [3.63, 3.8) is 0 Å². The molecule has 24 heavy (non-hydrogen) atoms. The van der Waals surface area contributed by atoms with Gasteiger partial charge in [-0.15, -0.1) is 0 Å². The molecular weight excluding hydrogens is 306 g/mol. The van der Waals surface area contributed by atoms with Gasteiger partial charge in [-0.1, -0.05) is 34.6 Å². The number of rotatable bonds is 7. The number of hydrogen-bond acceptors (Lipinski definition) is 4. The highest BCUT2D eigenvalue weighted by atomic mass is 16.3. The fraction of sp³-hybridized carbons (Fsp3) is 0.722. The summed E-state index contributed by atoms with van der Waals surface area (Å²) in [5, 5.41) is 12.1. The number of nitrogens with one attached hydrogen (secondary N) is 2. The number of amides is 1. The number of carbonyl (C=O) groups excluding carboxylic acids is 1. The second-order valence-corrected chi connectivity index (χ2v) is 7.49. The van der Waals surface area contributed by atoms with Crippen LogP contribution in [0.3, 0.4) is 0 Å². The highest BCUT2D eigenvalue weighted by molar-refractivity contribution is 5.94. The molecule has 0 atom stereocenters. The second-order valence-electron chi connectivity index (χ2n) is 7.49. The van der Waals surface area contributed by atoms with E-state index in [0.29, 0.717) is 24.5 Å². The van der Waals surface area contributed by atoms with Crippen molar-refractivity contribution < 1.29 is 9.90 Å². The topological polar surface area (TPSA) is 95.1 Å². The third kappa shape index (κ3) is 4.66. The molecule has 0 aliphatic carbocycles. The minimum atomic E-state index is -0.411. The molecule has 6 heteroatoms. The Morgan fingerprint density at radius 1 is 1.25 bits per heavy atom. The Labute approximate surface area is 144 Å². The molecule has 0 saturated heterocycles. The van der Waals surface area contributed by atoms with Gasteiger partial charge < -0.3 is 15.4 Å². The van der Waals surface area contributed by atoms with Gasteiger partial charge in [-0.05, 0) is 31.6 Å². The molecule has 0 unspecified atom stereocenters. The maximum absolute atomic E-state index is 12.5. The third-order valence-corrected chi connectivity index (χ3v) is 4.80. The Morgan fingerprint density at radius 3 is 2.25 bits per heavy atom. The van der Waals surface area contributed by atoms with Gasteiger partial charge in [0, 0.05) is 18.6 Å². The first-order valence-corrected chi connectivity index (χ1v) is 8.60. The van der Waals surface area contributed by atoms with E-state index < -0.39 is 11.5 Å². The fourth-order valence-corrected chi connectivity index (χ4v) is 2.74. The maximum atomic E-state index is 12.5. The Hall–Kier alpha value is -1.69. The molecule has 0 radical (unpaired) electrons. The van der Waals surface area contributed by atoms with Gasteiger partial charge in [0.1, 0.15) is 11.4 Å². The van der Waals surface area contributed by atoms with Gasteiger partial charge in [-0.2, -0.15) is 0 Å². The van der Waals surface area contributed by atoms with Crippen molar-refractivity contribution in [2.24, 2.45) is 5.41 Å². The van der Waals surface area contributed by atoms with Gasteiger partial charge in [0.15, 0.2) is 0 Å². The number of aliphatic hydroxyl groups is 1. The lowest BCUT2D eigenvalue weighted by Gasteiger charge is -2.31. The van der Waals surface area contributed by atoms with Crippen LogP contribution in [-0.4, -0.2) is 34.1 Å². The van der Waals surface area contributed by atoms with E-state index in [1.807, 2.05) is 34.6 Å². The third-order valence-electron chi connectivity index (χ3n) is 4.80. The van der Waals surface area contributed by atoms with Crippen molar-refractivity contribution in [1.82, 2.24) is 15.3 Å². The Bertz CT molecular complexity index is 625. The first-order chi connectivity index (χ1) is 11.1. The van der Waals surface area contributed by atoms with Gasteiger partial charge in [0.05, 0.1) is 5.69 Å². The van der Waals surface area contributed by atoms with E-state index in [9.17, 15) is 14.7 Å². The number of hydrogen-bond donors (Lipinski definition) is 3. The molecule has 1 rings (SSSR count). The van der Waals surface area contributed by atoms with E-state index in [1.165, 1.54) is 0 Å². The molecule has 0 spiro atoms. The number of aryl methyl sites for hydroxylation is 1. The largest absolute Gasteiger partial charge is 0.396 e. The van der Waals surface area contributed by atoms with E-state index >= 15 is 0 Å². The summed E-state index contributed by atoms with van der Waals surface area (Å²) >= 11 is 0. The van der Waals surface area contributed by atoms with Gasteiger partial charge in [-0.3, -0.25) is 9.59 Å². The van der Waals surface area contributed by atoms with E-state index in [-0.39, 0.29) is 23.0 Å². The summed E-state index contributed by atoms with van der Waals surface area (Å²) in [5.41, 5.74) is -0.357. The van der Waals surface area contributed by atoms with Gasteiger partial charge in [-0.25, -0.2) is 4.98 Å². The van der Waals surface area contributed by atoms with Crippen LogP contribution in [0.4, 0.5) is 0 Å². The first-order valence-electron chi connectivity index (χ1n) is 8.60. The van der Waals surface area contributed by atoms with Crippen molar-refractivity contribution in [2.45, 2.75) is 66.2 Å². The van der Waals surface area contributed by atoms with Gasteiger partial charge in [0.25, 0.3) is 11.5 Å². The van der Waals surface area contributed by atoms with Gasteiger partial charge in [0.2, 0.25) is 0 Å². The standard InChI is InChI=1S/C18H31N3O3/c1-7-18(8-2,9-10-22)11-19-14(23)13-12(3)20-16(17(4,5)6)21-15(13)24/h22H,7-11H2,1-6H3,(H,19,23)(H,20,21,24). The Balaban J connectivity index is 3.03. The summed E-state index contributed by atoms with van der Waals surface area (Å²) in [6, 6.07) is 0. The Kier molecular flexibility index (Phi) is 6.72. The zero-order valence-electron chi connectivity index (χ0n) is 15.7. The molecule has 1 amide bonds. The molecule has 136 valence electrons. The van der Waals surface area contributed by atoms with E-state index in [0.717, 1.165) is 12.8 Å². The molecule has 1 aromatic heterocycles. The monoisotopic (exact) mass is 337 g/mol. The molecule has 0 saturated carbocycles. The lowest BCUT2D eigenvalue weighted by atomic mass is 9.79. The fourth-order valence-electron chi connectivity index (χ4n) is 2.74. The normalized spacial score (nSPS) is 12.3. The predicted octanol–water partition coefficient (Wildman–Crippen LogP) is 2.29. The molecule has 0 aromatic carbocycles. The first kappa shape index (κ1) is 20.4. The zero-order valence-corrected chi connectivity index (χ0v) is 15.7. The lowest BCUT2D eigenvalue weighted by molar-refractivity contribution is 0.0904. The van der Waals surface area contributed by atoms with E-state index in [1.54, 1.807) is 6.92 Å². The number of carbonyl (C=O) groups is 1. The van der Waals surface area contributed by atoms with Crippen LogP contribution >= 0.6 is 0 Å². The van der Waals surface area contributed by atoms with Crippen molar-refractivity contribution >= 4 is 5.91 Å². The number of nitrogens with zero attached hydrogens (tertiary/aromatic N) is 1. The van der Waals surface area contributed by atoms with Crippen LogP contribution in [0.25, 0.3) is 0 Å². The van der Waals surface area contributed by atoms with E-state index in [2.05, 4.69) is 15.3 Å². The number of aromatic nitrogens is 2. The van der Waals surface area contributed by atoms with Crippen LogP contribution in [0.2, 0.25) is 0 Å². The van der Waals surface area contributed by atoms with Crippen LogP contribution in [0, 0.1) is 12.3 Å². The van der Waals surface area contributed by atoms with Crippen LogP contribution in [-0.2, 0) is 5.41 Å². The van der Waals surface area contributed by atoms with Crippen LogP contribution in [0.15, 0.2) is 4.79 Å². The average Bonchev–Trinajstić information content (AvgIpc) is 2.50. The lowest BCUT2D eigenvalue weighted by Crippen LogP contribution is -2.40. The smallest absolute Gasteiger partial charge is 0.264 e. The van der Waals surface area contributed by atoms with Crippen LogP contribution in [0.5, 0.6) is 0 Å². The molecule has 3 N–H and O–H groups in total. The van der Waals surface area contributed by atoms with Crippen molar-refractivity contribution in [2.75, 3.05) is 13.2 Å². The minimum absolute atomic E-state index is 0.0631. The van der Waals surface area contributed by atoms with E-state index in [4.69, 9.17) is 0 Å². The molecule has 0 fully saturated rings. The number of aromatic amines is 1. The maximum Gasteiger partial charge on any atom is 0.264 e. The quantitative estimate of drug-likeness (QED) is 0.711. The van der Waals surface area contributed by atoms with Crippen molar-refractivity contribution in [1.29, 1.82) is 0 Å². The summed E-state index contributed by atoms with van der Waals surface area (Å²) in [4.78, 5) is 31.9. The molecule has 0 aliphatic rings. The molecule has 0 aliphatic heterocycles. The summed E-state index contributed by atoms with van der Waals surface area (Å²) in [5.74, 6) is 0.157. The van der Waals surface area contributed by atoms with Crippen LogP contribution in [0.1, 0.15) is 75.8 Å². The highest BCUT2D eigenvalue weighted by Crippen LogP contribution is 2.29. The minimum Gasteiger partial charge on any atom is -0.396 e. The highest BCUT2D eigenvalue weighted by Gasteiger charge is 2.28. The Morgan fingerprint density at radius 2 is 1.83 bits per heavy atom. The van der Waals surface area contributed by atoms with Crippen LogP contribution < -0.4 is 10.9 Å². The molecule has 1 aromatic rings. The SMILES string of the molecule is CCC(CC)(CCO)CNC(=O)c1c(C)nc(C(C)(C)C)[nH]c1=O. The van der Waals surface area contributed by atoms with Crippen molar-refractivity contribution in [3.8, 4) is 0 Å². The average molecular weight is 337 g/mol. The summed E-state index contributed by atoms with van der Waals surface area (Å²) in [6.45, 7) is 12.1. The molecule has 6 nitrogen and oxygen atoms in total. The second kappa shape index (κ2) is 7.92.